The maximum absolute atomic E-state index is 12.8. The minimum Gasteiger partial charge on any atom is -0.295 e. The van der Waals surface area contributed by atoms with Crippen LogP contribution in [0.25, 0.3) is 16.5 Å². The van der Waals surface area contributed by atoms with E-state index in [0.717, 1.165) is 27.7 Å². The third-order valence-corrected chi connectivity index (χ3v) is 6.97. The van der Waals surface area contributed by atoms with Crippen LogP contribution in [0.2, 0.25) is 0 Å². The number of rotatable bonds is 6. The minimum atomic E-state index is -3.76. The summed E-state index contributed by atoms with van der Waals surface area (Å²) in [6.07, 6.45) is 1.70. The van der Waals surface area contributed by atoms with Crippen molar-refractivity contribution in [3.8, 4) is 5.69 Å². The molecule has 0 radical (unpaired) electrons. The molecule has 1 N–H and O–H groups in total. The molecule has 0 aliphatic heterocycles. The molecule has 4 rings (SSSR count). The molecule has 1 atom stereocenters. The number of aromatic nitrogens is 2. The first-order valence-corrected chi connectivity index (χ1v) is 11.4. The molecule has 0 saturated heterocycles. The second-order valence-electron chi connectivity index (χ2n) is 7.52. The first-order valence-electron chi connectivity index (χ1n) is 9.94. The minimum absolute atomic E-state index is 0.109. The Morgan fingerprint density at radius 3 is 2.39 bits per heavy atom. The molecule has 0 aliphatic rings. The van der Waals surface area contributed by atoms with Crippen LogP contribution >= 0.6 is 0 Å². The smallest absolute Gasteiger partial charge is 0.241 e. The first-order chi connectivity index (χ1) is 14.8. The summed E-state index contributed by atoms with van der Waals surface area (Å²) < 4.78 is 30.2. The lowest BCUT2D eigenvalue weighted by atomic mass is 10.1. The highest BCUT2D eigenvalue weighted by Crippen LogP contribution is 2.26. The van der Waals surface area contributed by atoms with E-state index >= 15 is 0 Å². The van der Waals surface area contributed by atoms with Gasteiger partial charge < -0.3 is 0 Å². The van der Waals surface area contributed by atoms with Gasteiger partial charge in [-0.15, -0.1) is 0 Å². The van der Waals surface area contributed by atoms with Crippen molar-refractivity contribution in [2.75, 3.05) is 0 Å². The number of nitrogens with zero attached hydrogens (tertiary/aromatic N) is 2. The summed E-state index contributed by atoms with van der Waals surface area (Å²) in [5.41, 5.74) is 3.06. The summed E-state index contributed by atoms with van der Waals surface area (Å²) >= 11 is 0. The number of carbonyl (C=O) groups excluding carboxylic acids is 1. The molecule has 0 spiro atoms. The molecule has 0 saturated carbocycles. The SMILES string of the molecule is CC(=O)c1ccc(S(=O)(=O)NC(C)c2cnn(-c3cccc4ccccc34)c2C)cc1. The Balaban J connectivity index is 1.63. The molecular weight excluding hydrogens is 410 g/mol. The molecule has 7 heteroatoms. The summed E-state index contributed by atoms with van der Waals surface area (Å²) in [6.45, 7) is 5.16. The van der Waals surface area contributed by atoms with Crippen LogP contribution in [0.4, 0.5) is 0 Å². The van der Waals surface area contributed by atoms with Gasteiger partial charge in [0.25, 0.3) is 0 Å². The Morgan fingerprint density at radius 2 is 1.68 bits per heavy atom. The Hall–Kier alpha value is -3.29. The van der Waals surface area contributed by atoms with Crippen LogP contribution in [0.1, 0.15) is 41.5 Å². The highest BCUT2D eigenvalue weighted by atomic mass is 32.2. The molecule has 158 valence electrons. The number of benzene rings is 3. The van der Waals surface area contributed by atoms with E-state index < -0.39 is 16.1 Å². The summed E-state index contributed by atoms with van der Waals surface area (Å²) in [7, 11) is -3.76. The normalized spacial score (nSPS) is 12.7. The van der Waals surface area contributed by atoms with Crippen molar-refractivity contribution in [1.82, 2.24) is 14.5 Å². The zero-order valence-corrected chi connectivity index (χ0v) is 18.3. The van der Waals surface area contributed by atoms with E-state index in [4.69, 9.17) is 0 Å². The van der Waals surface area contributed by atoms with Crippen molar-refractivity contribution in [2.45, 2.75) is 31.7 Å². The quantitative estimate of drug-likeness (QED) is 0.452. The monoisotopic (exact) mass is 433 g/mol. The van der Waals surface area contributed by atoms with Crippen molar-refractivity contribution >= 4 is 26.6 Å². The molecule has 0 bridgehead atoms. The van der Waals surface area contributed by atoms with Crippen molar-refractivity contribution < 1.29 is 13.2 Å². The van der Waals surface area contributed by atoms with Gasteiger partial charge in [0.15, 0.2) is 5.78 Å². The highest BCUT2D eigenvalue weighted by Gasteiger charge is 2.22. The second-order valence-corrected chi connectivity index (χ2v) is 9.23. The first kappa shape index (κ1) is 21.0. The summed E-state index contributed by atoms with van der Waals surface area (Å²) in [4.78, 5) is 11.5. The van der Waals surface area contributed by atoms with Gasteiger partial charge in [-0.25, -0.2) is 17.8 Å². The standard InChI is InChI=1S/C24H23N3O3S/c1-16(26-31(29,30)21-13-11-19(12-14-21)18(3)28)23-15-25-27(17(23)2)24-10-6-8-20-7-4-5-9-22(20)24/h4-16,26H,1-3H3. The number of nitrogens with one attached hydrogen (secondary N) is 1. The van der Waals surface area contributed by atoms with E-state index in [1.165, 1.54) is 31.2 Å². The Morgan fingerprint density at radius 1 is 1.00 bits per heavy atom. The predicted octanol–water partition coefficient (Wildman–Crippen LogP) is 4.58. The fourth-order valence-electron chi connectivity index (χ4n) is 3.72. The van der Waals surface area contributed by atoms with E-state index in [0.29, 0.717) is 5.56 Å². The Bertz CT molecular complexity index is 1370. The fraction of sp³-hybridized carbons (Fsp3) is 0.167. The largest absolute Gasteiger partial charge is 0.295 e. The average Bonchev–Trinajstić information content (AvgIpc) is 3.14. The molecule has 0 aliphatic carbocycles. The van der Waals surface area contributed by atoms with Gasteiger partial charge >= 0.3 is 0 Å². The maximum Gasteiger partial charge on any atom is 0.241 e. The van der Waals surface area contributed by atoms with E-state index in [-0.39, 0.29) is 10.7 Å². The highest BCUT2D eigenvalue weighted by molar-refractivity contribution is 7.89. The summed E-state index contributed by atoms with van der Waals surface area (Å²) in [6, 6.07) is 19.5. The van der Waals surface area contributed by atoms with Gasteiger partial charge in [-0.1, -0.05) is 48.5 Å². The lowest BCUT2D eigenvalue weighted by molar-refractivity contribution is 0.101. The van der Waals surface area contributed by atoms with Crippen LogP contribution in [0, 0.1) is 6.92 Å². The van der Waals surface area contributed by atoms with E-state index in [1.54, 1.807) is 13.1 Å². The molecule has 3 aromatic carbocycles. The van der Waals surface area contributed by atoms with Crippen LogP contribution in [-0.4, -0.2) is 24.0 Å². The maximum atomic E-state index is 12.8. The molecule has 0 fully saturated rings. The number of Topliss-reactive ketones (excluding diaryl/α,β-unsaturated/α-hetero) is 1. The van der Waals surface area contributed by atoms with E-state index in [9.17, 15) is 13.2 Å². The molecule has 0 amide bonds. The van der Waals surface area contributed by atoms with Crippen LogP contribution in [0.15, 0.2) is 77.8 Å². The van der Waals surface area contributed by atoms with Crippen molar-refractivity contribution in [1.29, 1.82) is 0 Å². The van der Waals surface area contributed by atoms with Gasteiger partial charge in [0.05, 0.1) is 16.8 Å². The lowest BCUT2D eigenvalue weighted by Gasteiger charge is -2.15. The molecule has 31 heavy (non-hydrogen) atoms. The molecule has 6 nitrogen and oxygen atoms in total. The van der Waals surface area contributed by atoms with Gasteiger partial charge in [0.1, 0.15) is 0 Å². The van der Waals surface area contributed by atoms with Crippen molar-refractivity contribution in [3.63, 3.8) is 0 Å². The topological polar surface area (TPSA) is 81.1 Å². The molecule has 1 aromatic heterocycles. The number of hydrogen-bond acceptors (Lipinski definition) is 4. The van der Waals surface area contributed by atoms with E-state index in [1.807, 2.05) is 54.1 Å². The van der Waals surface area contributed by atoms with Crippen LogP contribution in [0.3, 0.4) is 0 Å². The lowest BCUT2D eigenvalue weighted by Crippen LogP contribution is -2.27. The summed E-state index contributed by atoms with van der Waals surface area (Å²) in [5.74, 6) is -0.109. The van der Waals surface area contributed by atoms with Gasteiger partial charge in [0, 0.05) is 28.2 Å². The Kier molecular flexibility index (Phi) is 5.47. The average molecular weight is 434 g/mol. The second kappa shape index (κ2) is 8.09. The third-order valence-electron chi connectivity index (χ3n) is 5.41. The molecular formula is C24H23N3O3S. The van der Waals surface area contributed by atoms with Gasteiger partial charge in [0.2, 0.25) is 10.0 Å². The third kappa shape index (κ3) is 4.02. The zero-order chi connectivity index (χ0) is 22.2. The van der Waals surface area contributed by atoms with Crippen molar-refractivity contribution in [2.24, 2.45) is 0 Å². The van der Waals surface area contributed by atoms with Crippen LogP contribution in [0.5, 0.6) is 0 Å². The number of hydrogen-bond donors (Lipinski definition) is 1. The number of sulfonamides is 1. The predicted molar refractivity (Wildman–Crippen MR) is 121 cm³/mol. The van der Waals surface area contributed by atoms with E-state index in [2.05, 4.69) is 9.82 Å². The van der Waals surface area contributed by atoms with Crippen LogP contribution < -0.4 is 4.72 Å². The summed E-state index contributed by atoms with van der Waals surface area (Å²) in [5, 5.41) is 6.72. The fourth-order valence-corrected chi connectivity index (χ4v) is 4.94. The van der Waals surface area contributed by atoms with Gasteiger partial charge in [-0.3, -0.25) is 4.79 Å². The van der Waals surface area contributed by atoms with Gasteiger partial charge in [-0.2, -0.15) is 5.10 Å². The van der Waals surface area contributed by atoms with Crippen LogP contribution in [-0.2, 0) is 10.0 Å². The molecule has 4 aromatic rings. The number of ketones is 1. The zero-order valence-electron chi connectivity index (χ0n) is 17.5. The molecule has 1 heterocycles. The Labute approximate surface area is 181 Å². The van der Waals surface area contributed by atoms with Crippen molar-refractivity contribution in [3.05, 3.63) is 89.7 Å². The number of carbonyl (C=O) groups is 1. The van der Waals surface area contributed by atoms with Gasteiger partial charge in [-0.05, 0) is 44.4 Å². The molecule has 1 unspecified atom stereocenters. The number of fused-ring (bicyclic) bond motifs is 1.